The largest absolute Gasteiger partial charge is 0.376 e. The lowest BCUT2D eigenvalue weighted by Gasteiger charge is -2.33. The van der Waals surface area contributed by atoms with E-state index >= 15 is 0 Å². The number of fused-ring (bicyclic) bond motifs is 1. The van der Waals surface area contributed by atoms with Crippen LogP contribution in [-0.4, -0.2) is 77.3 Å². The molecule has 0 atom stereocenters. The average Bonchev–Trinajstić information content (AvgIpc) is 3.70. The summed E-state index contributed by atoms with van der Waals surface area (Å²) in [5.74, 6) is -1.77. The van der Waals surface area contributed by atoms with Gasteiger partial charge in [0.15, 0.2) is 0 Å². The van der Waals surface area contributed by atoms with Crippen molar-refractivity contribution in [3.8, 4) is 0 Å². The number of halogens is 3. The van der Waals surface area contributed by atoms with E-state index in [-0.39, 0.29) is 31.8 Å². The molecule has 1 aromatic carbocycles. The van der Waals surface area contributed by atoms with Gasteiger partial charge in [0.2, 0.25) is 5.91 Å². The predicted molar refractivity (Wildman–Crippen MR) is 142 cm³/mol. The van der Waals surface area contributed by atoms with Crippen LogP contribution in [-0.2, 0) is 24.3 Å². The summed E-state index contributed by atoms with van der Waals surface area (Å²) >= 11 is 6.34. The van der Waals surface area contributed by atoms with E-state index in [2.05, 4.69) is 33.4 Å². The van der Waals surface area contributed by atoms with E-state index in [9.17, 15) is 13.6 Å². The van der Waals surface area contributed by atoms with E-state index < -0.39 is 5.92 Å². The van der Waals surface area contributed by atoms with Gasteiger partial charge in [0.1, 0.15) is 0 Å². The molecule has 0 radical (unpaired) electrons. The Morgan fingerprint density at radius 3 is 2.70 bits per heavy atom. The van der Waals surface area contributed by atoms with Gasteiger partial charge in [-0.3, -0.25) is 14.7 Å². The van der Waals surface area contributed by atoms with Gasteiger partial charge in [-0.25, -0.2) is 8.78 Å². The molecule has 3 aliphatic rings. The highest BCUT2D eigenvalue weighted by atomic mass is 35.5. The predicted octanol–water partition coefficient (Wildman–Crippen LogP) is 4.67. The normalized spacial score (nSPS) is 19.9. The molecule has 0 bridgehead atoms. The van der Waals surface area contributed by atoms with E-state index in [1.807, 2.05) is 4.90 Å². The highest BCUT2D eigenvalue weighted by Gasteiger charge is 2.34. The van der Waals surface area contributed by atoms with E-state index in [1.54, 1.807) is 23.2 Å². The number of anilines is 1. The average molecular weight is 532 g/mol. The molecule has 2 fully saturated rings. The lowest BCUT2D eigenvalue weighted by atomic mass is 9.97. The van der Waals surface area contributed by atoms with Crippen LogP contribution in [0.2, 0.25) is 5.02 Å². The number of alkyl halides is 2. The van der Waals surface area contributed by atoms with Crippen molar-refractivity contribution >= 4 is 23.2 Å². The number of likely N-dealkylation sites (tertiary alicyclic amines) is 1. The number of benzene rings is 1. The lowest BCUT2D eigenvalue weighted by Crippen LogP contribution is -2.45. The number of piperidine rings is 1. The molecule has 1 amide bonds. The van der Waals surface area contributed by atoms with Gasteiger partial charge in [0, 0.05) is 70.5 Å². The van der Waals surface area contributed by atoms with Crippen LogP contribution in [0.1, 0.15) is 42.5 Å². The molecule has 1 N–H and O–H groups in total. The van der Waals surface area contributed by atoms with Gasteiger partial charge in [-0.2, -0.15) is 0 Å². The number of nitrogens with zero attached hydrogens (tertiary/aromatic N) is 4. The van der Waals surface area contributed by atoms with Crippen molar-refractivity contribution in [3.05, 3.63) is 58.4 Å². The quantitative estimate of drug-likeness (QED) is 0.483. The zero-order valence-electron chi connectivity index (χ0n) is 21.3. The molecule has 37 heavy (non-hydrogen) atoms. The van der Waals surface area contributed by atoms with Crippen molar-refractivity contribution in [2.24, 2.45) is 5.92 Å². The van der Waals surface area contributed by atoms with Crippen molar-refractivity contribution < 1.29 is 13.6 Å². The van der Waals surface area contributed by atoms with Gasteiger partial charge in [-0.15, -0.1) is 0 Å². The highest BCUT2D eigenvalue weighted by molar-refractivity contribution is 6.31. The Labute approximate surface area is 223 Å². The third-order valence-electron chi connectivity index (χ3n) is 7.79. The van der Waals surface area contributed by atoms with Crippen molar-refractivity contribution in [1.29, 1.82) is 0 Å². The Balaban J connectivity index is 1.21. The molecule has 0 unspecified atom stereocenters. The van der Waals surface area contributed by atoms with Gasteiger partial charge < -0.3 is 15.1 Å². The summed E-state index contributed by atoms with van der Waals surface area (Å²) in [6.45, 7) is 5.31. The van der Waals surface area contributed by atoms with Gasteiger partial charge in [0.05, 0.1) is 23.8 Å². The number of carbonyl (C=O) groups is 1. The Morgan fingerprint density at radius 2 is 1.95 bits per heavy atom. The van der Waals surface area contributed by atoms with Crippen LogP contribution in [0.3, 0.4) is 0 Å². The zero-order chi connectivity index (χ0) is 25.8. The smallest absolute Gasteiger partial charge is 0.250 e. The maximum absolute atomic E-state index is 13.6. The summed E-state index contributed by atoms with van der Waals surface area (Å²) < 4.78 is 27.1. The van der Waals surface area contributed by atoms with E-state index in [0.717, 1.165) is 31.1 Å². The zero-order valence-corrected chi connectivity index (χ0v) is 22.0. The maximum Gasteiger partial charge on any atom is 0.250 e. The summed E-state index contributed by atoms with van der Waals surface area (Å²) in [6.07, 6.45) is 5.09. The summed E-state index contributed by atoms with van der Waals surface area (Å²) in [6, 6.07) is 9.83. The van der Waals surface area contributed by atoms with Crippen LogP contribution in [0.15, 0.2) is 36.5 Å². The molecule has 1 aromatic heterocycles. The fraction of sp³-hybridized carbons (Fsp3) is 0.571. The molecular weight excluding hydrogens is 496 g/mol. The molecule has 1 saturated carbocycles. The molecule has 200 valence electrons. The molecule has 2 aromatic rings. The molecule has 1 saturated heterocycles. The fourth-order valence-electron chi connectivity index (χ4n) is 5.31. The Kier molecular flexibility index (Phi) is 8.27. The first kappa shape index (κ1) is 26.3. The Hall–Kier alpha value is -2.29. The van der Waals surface area contributed by atoms with Crippen LogP contribution in [0.25, 0.3) is 0 Å². The standard InChI is InChI=1S/C28H36ClF2N5O/c29-24-4-2-11-32-26(24)20-36(16-15-34-13-9-28(30,31)10-14-34)27(37)17-33-25-5-1-3-22-19-35(12-8-23(22)25)18-21-6-7-21/h1-5,11,21,33H,6-10,12-20H2. The van der Waals surface area contributed by atoms with Gasteiger partial charge in [-0.05, 0) is 54.5 Å². The molecule has 5 rings (SSSR count). The van der Waals surface area contributed by atoms with E-state index in [4.69, 9.17) is 11.6 Å². The van der Waals surface area contributed by atoms with Crippen LogP contribution in [0, 0.1) is 5.92 Å². The molecule has 6 nitrogen and oxygen atoms in total. The summed E-state index contributed by atoms with van der Waals surface area (Å²) in [5, 5.41) is 3.91. The van der Waals surface area contributed by atoms with E-state index in [0.29, 0.717) is 36.9 Å². The number of amides is 1. The third kappa shape index (κ3) is 7.18. The number of hydrogen-bond acceptors (Lipinski definition) is 5. The number of pyridine rings is 1. The van der Waals surface area contributed by atoms with Gasteiger partial charge in [-0.1, -0.05) is 23.7 Å². The monoisotopic (exact) mass is 531 g/mol. The molecular formula is C28H36ClF2N5O. The number of hydrogen-bond donors (Lipinski definition) is 1. The first-order valence-electron chi connectivity index (χ1n) is 13.4. The number of nitrogens with one attached hydrogen (secondary N) is 1. The fourth-order valence-corrected chi connectivity index (χ4v) is 5.49. The minimum Gasteiger partial charge on any atom is -0.376 e. The molecule has 1 aliphatic carbocycles. The van der Waals surface area contributed by atoms with E-state index in [1.165, 1.54) is 30.5 Å². The van der Waals surface area contributed by atoms with Crippen LogP contribution in [0.4, 0.5) is 14.5 Å². The first-order chi connectivity index (χ1) is 17.9. The maximum atomic E-state index is 13.6. The van der Waals surface area contributed by atoms with Gasteiger partial charge in [0.25, 0.3) is 5.92 Å². The first-order valence-corrected chi connectivity index (χ1v) is 13.8. The SMILES string of the molecule is O=C(CNc1cccc2c1CCN(CC1CC1)C2)N(CCN1CCC(F)(F)CC1)Cc1ncccc1Cl. The van der Waals surface area contributed by atoms with Crippen molar-refractivity contribution in [3.63, 3.8) is 0 Å². The lowest BCUT2D eigenvalue weighted by molar-refractivity contribution is -0.130. The second kappa shape index (κ2) is 11.6. The summed E-state index contributed by atoms with van der Waals surface area (Å²) in [5.41, 5.74) is 4.29. The summed E-state index contributed by atoms with van der Waals surface area (Å²) in [7, 11) is 0. The second-order valence-electron chi connectivity index (χ2n) is 10.7. The van der Waals surface area contributed by atoms with Gasteiger partial charge >= 0.3 is 0 Å². The van der Waals surface area contributed by atoms with Crippen LogP contribution >= 0.6 is 11.6 Å². The molecule has 0 spiro atoms. The number of rotatable bonds is 10. The highest BCUT2D eigenvalue weighted by Crippen LogP contribution is 2.33. The second-order valence-corrected chi connectivity index (χ2v) is 11.1. The van der Waals surface area contributed by atoms with Crippen LogP contribution < -0.4 is 5.32 Å². The minimum atomic E-state index is -2.58. The number of carbonyl (C=O) groups excluding carboxylic acids is 1. The molecule has 9 heteroatoms. The third-order valence-corrected chi connectivity index (χ3v) is 8.13. The number of aromatic nitrogens is 1. The topological polar surface area (TPSA) is 51.7 Å². The Bertz CT molecular complexity index is 1090. The van der Waals surface area contributed by atoms with Crippen molar-refractivity contribution in [1.82, 2.24) is 19.7 Å². The molecule has 3 heterocycles. The van der Waals surface area contributed by atoms with Crippen LogP contribution in [0.5, 0.6) is 0 Å². The van der Waals surface area contributed by atoms with Crippen molar-refractivity contribution in [2.45, 2.75) is 51.1 Å². The van der Waals surface area contributed by atoms with Crippen molar-refractivity contribution in [2.75, 3.05) is 51.1 Å². The Morgan fingerprint density at radius 1 is 1.14 bits per heavy atom. The molecule has 2 aliphatic heterocycles. The minimum absolute atomic E-state index is 0.0622. The summed E-state index contributed by atoms with van der Waals surface area (Å²) in [4.78, 5) is 24.0.